The topological polar surface area (TPSA) is 66.9 Å². The molecule has 2 aromatic rings. The Morgan fingerprint density at radius 3 is 1.95 bits per heavy atom. The van der Waals surface area contributed by atoms with Gasteiger partial charge < -0.3 is 5.73 Å². The van der Waals surface area contributed by atoms with Gasteiger partial charge in [0.15, 0.2) is 0 Å². The van der Waals surface area contributed by atoms with Crippen LogP contribution in [0.4, 0.5) is 0 Å². The number of benzene rings is 2. The third-order valence-corrected chi connectivity index (χ3v) is 2.91. The first-order chi connectivity index (χ1) is 9.15. The summed E-state index contributed by atoms with van der Waals surface area (Å²) in [5, 5.41) is 7.31. The van der Waals surface area contributed by atoms with E-state index in [9.17, 15) is 4.79 Å². The summed E-state index contributed by atoms with van der Waals surface area (Å²) in [6, 6.07) is 17.0. The van der Waals surface area contributed by atoms with Crippen molar-refractivity contribution < 1.29 is 4.79 Å². The van der Waals surface area contributed by atoms with E-state index in [1.165, 1.54) is 0 Å². The van der Waals surface area contributed by atoms with Crippen LogP contribution in [0, 0.1) is 5.41 Å². The smallest absolute Gasteiger partial charge is 0.141 e. The van der Waals surface area contributed by atoms with Crippen LogP contribution in [-0.4, -0.2) is 11.6 Å². The van der Waals surface area contributed by atoms with Gasteiger partial charge in [0.2, 0.25) is 0 Å². The highest BCUT2D eigenvalue weighted by Gasteiger charge is 2.05. The Balaban J connectivity index is 1.97. The molecular formula is C16H16N2O. The fourth-order valence-electron chi connectivity index (χ4n) is 1.92. The third kappa shape index (κ3) is 3.78. The number of rotatable bonds is 5. The molecule has 3 N–H and O–H groups in total. The Labute approximate surface area is 112 Å². The zero-order chi connectivity index (χ0) is 13.7. The Bertz CT molecular complexity index is 573. The Kier molecular flexibility index (Phi) is 4.08. The molecule has 2 aromatic carbocycles. The molecular weight excluding hydrogens is 236 g/mol. The molecule has 0 atom stereocenters. The Morgan fingerprint density at radius 1 is 0.895 bits per heavy atom. The molecule has 0 saturated heterocycles. The summed E-state index contributed by atoms with van der Waals surface area (Å²) in [4.78, 5) is 11.9. The van der Waals surface area contributed by atoms with Gasteiger partial charge in [0.05, 0.1) is 0 Å². The molecule has 0 fully saturated rings. The highest BCUT2D eigenvalue weighted by atomic mass is 16.1. The largest absolute Gasteiger partial charge is 0.384 e. The number of ketones is 1. The summed E-state index contributed by atoms with van der Waals surface area (Å²) in [5.41, 5.74) is 8.05. The van der Waals surface area contributed by atoms with Crippen LogP contribution in [0.25, 0.3) is 0 Å². The number of hydrogen-bond acceptors (Lipinski definition) is 2. The fraction of sp³-hybridized carbons (Fsp3) is 0.125. The molecule has 0 heterocycles. The fourth-order valence-corrected chi connectivity index (χ4v) is 1.92. The van der Waals surface area contributed by atoms with Crippen molar-refractivity contribution in [2.24, 2.45) is 5.73 Å². The van der Waals surface area contributed by atoms with Gasteiger partial charge in [-0.05, 0) is 11.1 Å². The maximum absolute atomic E-state index is 11.9. The molecule has 0 aliphatic rings. The molecule has 0 spiro atoms. The van der Waals surface area contributed by atoms with Crippen LogP contribution in [0.3, 0.4) is 0 Å². The number of Topliss-reactive ketones (excluding diaryl/α,β-unsaturated/α-hetero) is 1. The second-order valence-electron chi connectivity index (χ2n) is 4.49. The van der Waals surface area contributed by atoms with Crippen LogP contribution in [0.2, 0.25) is 0 Å². The van der Waals surface area contributed by atoms with E-state index in [0.29, 0.717) is 18.4 Å². The SMILES string of the molecule is N=C(N)c1ccc(CC(=O)Cc2ccccc2)cc1. The molecule has 0 bridgehead atoms. The number of nitrogens with two attached hydrogens (primary N) is 1. The van der Waals surface area contributed by atoms with Crippen molar-refractivity contribution in [3.63, 3.8) is 0 Å². The summed E-state index contributed by atoms with van der Waals surface area (Å²) < 4.78 is 0. The monoisotopic (exact) mass is 252 g/mol. The van der Waals surface area contributed by atoms with Gasteiger partial charge in [-0.25, -0.2) is 0 Å². The second kappa shape index (κ2) is 5.96. The van der Waals surface area contributed by atoms with Gasteiger partial charge in [0.1, 0.15) is 11.6 Å². The molecule has 0 aromatic heterocycles. The van der Waals surface area contributed by atoms with Crippen molar-refractivity contribution in [3.05, 3.63) is 71.3 Å². The molecule has 3 heteroatoms. The van der Waals surface area contributed by atoms with E-state index in [4.69, 9.17) is 11.1 Å². The molecule has 0 radical (unpaired) electrons. The average Bonchev–Trinajstić information content (AvgIpc) is 2.40. The minimum absolute atomic E-state index is 0.0437. The van der Waals surface area contributed by atoms with Crippen LogP contribution >= 0.6 is 0 Å². The molecule has 0 amide bonds. The molecule has 19 heavy (non-hydrogen) atoms. The summed E-state index contributed by atoms with van der Waals surface area (Å²) in [5.74, 6) is 0.226. The van der Waals surface area contributed by atoms with Crippen LogP contribution in [0.15, 0.2) is 54.6 Å². The van der Waals surface area contributed by atoms with E-state index < -0.39 is 0 Å². The summed E-state index contributed by atoms with van der Waals surface area (Å²) in [6.45, 7) is 0. The van der Waals surface area contributed by atoms with Gasteiger partial charge in [0, 0.05) is 18.4 Å². The summed E-state index contributed by atoms with van der Waals surface area (Å²) in [6.07, 6.45) is 0.863. The summed E-state index contributed by atoms with van der Waals surface area (Å²) in [7, 11) is 0. The first-order valence-corrected chi connectivity index (χ1v) is 6.14. The van der Waals surface area contributed by atoms with Crippen LogP contribution < -0.4 is 5.73 Å². The van der Waals surface area contributed by atoms with Gasteiger partial charge in [-0.2, -0.15) is 0 Å². The number of nitrogen functional groups attached to an aromatic ring is 1. The van der Waals surface area contributed by atoms with Gasteiger partial charge >= 0.3 is 0 Å². The van der Waals surface area contributed by atoms with Crippen molar-refractivity contribution >= 4 is 11.6 Å². The lowest BCUT2D eigenvalue weighted by Crippen LogP contribution is -2.11. The predicted molar refractivity (Wildman–Crippen MR) is 76.3 cm³/mol. The van der Waals surface area contributed by atoms with Crippen molar-refractivity contribution in [2.75, 3.05) is 0 Å². The normalized spacial score (nSPS) is 10.1. The number of nitrogens with one attached hydrogen (secondary N) is 1. The maximum atomic E-state index is 11.9. The lowest BCUT2D eigenvalue weighted by molar-refractivity contribution is -0.117. The van der Waals surface area contributed by atoms with Crippen LogP contribution in [0.1, 0.15) is 16.7 Å². The van der Waals surface area contributed by atoms with Gasteiger partial charge in [-0.1, -0.05) is 54.6 Å². The first-order valence-electron chi connectivity index (χ1n) is 6.14. The minimum atomic E-state index is 0.0437. The van der Waals surface area contributed by atoms with Crippen molar-refractivity contribution in [3.8, 4) is 0 Å². The number of carbonyl (C=O) groups excluding carboxylic acids is 1. The number of carbonyl (C=O) groups is 1. The maximum Gasteiger partial charge on any atom is 0.141 e. The molecule has 3 nitrogen and oxygen atoms in total. The summed E-state index contributed by atoms with van der Waals surface area (Å²) >= 11 is 0. The molecule has 96 valence electrons. The predicted octanol–water partition coefficient (Wildman–Crippen LogP) is 2.32. The van der Waals surface area contributed by atoms with Gasteiger partial charge in [-0.3, -0.25) is 10.2 Å². The second-order valence-corrected chi connectivity index (χ2v) is 4.49. The average molecular weight is 252 g/mol. The Hall–Kier alpha value is -2.42. The highest BCUT2D eigenvalue weighted by molar-refractivity contribution is 5.95. The van der Waals surface area contributed by atoms with E-state index >= 15 is 0 Å². The van der Waals surface area contributed by atoms with E-state index in [1.807, 2.05) is 42.5 Å². The highest BCUT2D eigenvalue weighted by Crippen LogP contribution is 2.07. The van der Waals surface area contributed by atoms with Gasteiger partial charge in [0.25, 0.3) is 0 Å². The van der Waals surface area contributed by atoms with E-state index in [1.54, 1.807) is 12.1 Å². The molecule has 0 aliphatic heterocycles. The number of hydrogen-bond donors (Lipinski definition) is 2. The Morgan fingerprint density at radius 2 is 1.42 bits per heavy atom. The van der Waals surface area contributed by atoms with E-state index in [-0.39, 0.29) is 11.6 Å². The molecule has 0 aliphatic carbocycles. The molecule has 0 saturated carbocycles. The first kappa shape index (κ1) is 13.0. The van der Waals surface area contributed by atoms with E-state index in [0.717, 1.165) is 11.1 Å². The van der Waals surface area contributed by atoms with Crippen LogP contribution in [0.5, 0.6) is 0 Å². The van der Waals surface area contributed by atoms with Crippen LogP contribution in [-0.2, 0) is 17.6 Å². The third-order valence-electron chi connectivity index (χ3n) is 2.91. The minimum Gasteiger partial charge on any atom is -0.384 e. The molecule has 2 rings (SSSR count). The van der Waals surface area contributed by atoms with E-state index in [2.05, 4.69) is 0 Å². The lowest BCUT2D eigenvalue weighted by Gasteiger charge is -2.03. The number of amidine groups is 1. The zero-order valence-corrected chi connectivity index (χ0v) is 10.6. The van der Waals surface area contributed by atoms with Gasteiger partial charge in [-0.15, -0.1) is 0 Å². The lowest BCUT2D eigenvalue weighted by atomic mass is 10.0. The van der Waals surface area contributed by atoms with Crippen molar-refractivity contribution in [1.29, 1.82) is 5.41 Å². The van der Waals surface area contributed by atoms with Crippen molar-refractivity contribution in [1.82, 2.24) is 0 Å². The zero-order valence-electron chi connectivity index (χ0n) is 10.6. The standard InChI is InChI=1S/C16H16N2O/c17-16(18)14-8-6-13(7-9-14)11-15(19)10-12-4-2-1-3-5-12/h1-9H,10-11H2,(H3,17,18). The molecule has 0 unspecified atom stereocenters. The quantitative estimate of drug-likeness (QED) is 0.633. The van der Waals surface area contributed by atoms with Crippen molar-refractivity contribution in [2.45, 2.75) is 12.8 Å².